The Balaban J connectivity index is 1.61. The highest BCUT2D eigenvalue weighted by Crippen LogP contribution is 2.29. The summed E-state index contributed by atoms with van der Waals surface area (Å²) in [6.07, 6.45) is 3.73. The Morgan fingerprint density at radius 1 is 1.24 bits per heavy atom. The molecule has 0 aliphatic carbocycles. The molecule has 34 heavy (non-hydrogen) atoms. The molecule has 3 aromatic rings. The van der Waals surface area contributed by atoms with Crippen LogP contribution in [-0.4, -0.2) is 38.7 Å². The van der Waals surface area contributed by atoms with Crippen LogP contribution in [0.1, 0.15) is 35.4 Å². The standard InChI is InChI=1S/C23H23N7O3S/c1-14-6-7-19(30(32)33)12-20(14)29-15(2)10-17(16(29)3)11-18(13-24)21(31)25-22-26-27-23(34-22)28-8-4-5-9-28/h6-7,10-12H,4-5,8-9H2,1-3H3,(H,25,26,31)/b18-11-. The summed E-state index contributed by atoms with van der Waals surface area (Å²) in [5.41, 5.74) is 3.71. The van der Waals surface area contributed by atoms with Gasteiger partial charge in [0.15, 0.2) is 0 Å². The molecule has 1 aliphatic rings. The Kier molecular flexibility index (Phi) is 6.43. The monoisotopic (exact) mass is 477 g/mol. The van der Waals surface area contributed by atoms with Crippen molar-refractivity contribution in [2.24, 2.45) is 0 Å². The number of nitro benzene ring substituents is 1. The number of benzene rings is 1. The molecule has 174 valence electrons. The van der Waals surface area contributed by atoms with Crippen LogP contribution in [0, 0.1) is 42.2 Å². The van der Waals surface area contributed by atoms with Crippen LogP contribution in [0.4, 0.5) is 16.0 Å². The number of aryl methyl sites for hydroxylation is 2. The van der Waals surface area contributed by atoms with E-state index in [2.05, 4.69) is 20.4 Å². The van der Waals surface area contributed by atoms with Crippen LogP contribution in [0.3, 0.4) is 0 Å². The molecule has 10 nitrogen and oxygen atoms in total. The van der Waals surface area contributed by atoms with Gasteiger partial charge in [-0.05, 0) is 56.9 Å². The minimum Gasteiger partial charge on any atom is -0.347 e. The van der Waals surface area contributed by atoms with Gasteiger partial charge in [-0.15, -0.1) is 10.2 Å². The van der Waals surface area contributed by atoms with Crippen molar-refractivity contribution in [2.75, 3.05) is 23.3 Å². The van der Waals surface area contributed by atoms with Gasteiger partial charge in [-0.3, -0.25) is 20.2 Å². The van der Waals surface area contributed by atoms with Gasteiger partial charge in [0.05, 0.1) is 10.6 Å². The van der Waals surface area contributed by atoms with Gasteiger partial charge < -0.3 is 9.47 Å². The van der Waals surface area contributed by atoms with Crippen LogP contribution in [0.25, 0.3) is 11.8 Å². The number of nitriles is 1. The zero-order chi connectivity index (χ0) is 24.4. The van der Waals surface area contributed by atoms with E-state index in [9.17, 15) is 20.2 Å². The van der Waals surface area contributed by atoms with Crippen molar-refractivity contribution in [1.29, 1.82) is 5.26 Å². The van der Waals surface area contributed by atoms with E-state index >= 15 is 0 Å². The lowest BCUT2D eigenvalue weighted by Gasteiger charge is -2.12. The van der Waals surface area contributed by atoms with Crippen LogP contribution >= 0.6 is 11.3 Å². The summed E-state index contributed by atoms with van der Waals surface area (Å²) < 4.78 is 1.88. The topological polar surface area (TPSA) is 130 Å². The third-order valence-corrected chi connectivity index (χ3v) is 6.69. The molecule has 0 radical (unpaired) electrons. The van der Waals surface area contributed by atoms with E-state index in [1.165, 1.54) is 29.5 Å². The number of anilines is 2. The van der Waals surface area contributed by atoms with Crippen LogP contribution in [-0.2, 0) is 4.79 Å². The molecule has 0 atom stereocenters. The van der Waals surface area contributed by atoms with E-state index in [4.69, 9.17) is 0 Å². The number of hydrogen-bond acceptors (Lipinski definition) is 8. The molecule has 0 saturated carbocycles. The molecular weight excluding hydrogens is 454 g/mol. The quantitative estimate of drug-likeness (QED) is 0.242. The lowest BCUT2D eigenvalue weighted by atomic mass is 10.1. The van der Waals surface area contributed by atoms with Gasteiger partial charge in [0, 0.05) is 36.6 Å². The molecular formula is C23H23N7O3S. The highest BCUT2D eigenvalue weighted by atomic mass is 32.1. The maximum absolute atomic E-state index is 12.8. The second-order valence-corrected chi connectivity index (χ2v) is 9.05. The first-order chi connectivity index (χ1) is 16.3. The van der Waals surface area contributed by atoms with Crippen LogP contribution in [0.2, 0.25) is 0 Å². The minimum atomic E-state index is -0.567. The van der Waals surface area contributed by atoms with Crippen molar-refractivity contribution in [2.45, 2.75) is 33.6 Å². The first kappa shape index (κ1) is 23.1. The summed E-state index contributed by atoms with van der Waals surface area (Å²) in [6, 6.07) is 8.49. The minimum absolute atomic E-state index is 0.00681. The van der Waals surface area contributed by atoms with Gasteiger partial charge >= 0.3 is 0 Å². The zero-order valence-corrected chi connectivity index (χ0v) is 19.8. The number of carbonyl (C=O) groups is 1. The molecule has 0 unspecified atom stereocenters. The molecule has 1 aliphatic heterocycles. The van der Waals surface area contributed by atoms with Crippen molar-refractivity contribution in [3.63, 3.8) is 0 Å². The Morgan fingerprint density at radius 2 is 1.97 bits per heavy atom. The smallest absolute Gasteiger partial charge is 0.271 e. The number of aromatic nitrogens is 3. The molecule has 1 N–H and O–H groups in total. The first-order valence-corrected chi connectivity index (χ1v) is 11.6. The second kappa shape index (κ2) is 9.44. The summed E-state index contributed by atoms with van der Waals surface area (Å²) in [6.45, 7) is 7.43. The van der Waals surface area contributed by atoms with Gasteiger partial charge in [-0.2, -0.15) is 5.26 Å². The number of hydrogen-bond donors (Lipinski definition) is 1. The van der Waals surface area contributed by atoms with Crippen molar-refractivity contribution in [3.8, 4) is 11.8 Å². The average Bonchev–Trinajstić information content (AvgIpc) is 3.54. The van der Waals surface area contributed by atoms with Crippen LogP contribution < -0.4 is 10.2 Å². The maximum Gasteiger partial charge on any atom is 0.271 e. The average molecular weight is 478 g/mol. The molecule has 0 bridgehead atoms. The SMILES string of the molecule is Cc1ccc([N+](=O)[O-])cc1-n1c(C)cc(/C=C(/C#N)C(=O)Nc2nnc(N3CCCC3)s2)c1C. The van der Waals surface area contributed by atoms with Crippen molar-refractivity contribution in [3.05, 3.63) is 62.5 Å². The third kappa shape index (κ3) is 4.53. The number of non-ortho nitro benzene ring substituents is 1. The Hall–Kier alpha value is -4.04. The second-order valence-electron chi connectivity index (χ2n) is 8.10. The lowest BCUT2D eigenvalue weighted by Crippen LogP contribution is -2.17. The molecule has 1 aromatic carbocycles. The predicted molar refractivity (Wildman–Crippen MR) is 130 cm³/mol. The van der Waals surface area contributed by atoms with Gasteiger partial charge in [0.2, 0.25) is 10.3 Å². The van der Waals surface area contributed by atoms with Crippen molar-refractivity contribution in [1.82, 2.24) is 14.8 Å². The highest BCUT2D eigenvalue weighted by molar-refractivity contribution is 7.19. The fraction of sp³-hybridized carbons (Fsp3) is 0.304. The van der Waals surface area contributed by atoms with E-state index in [1.807, 2.05) is 37.5 Å². The highest BCUT2D eigenvalue weighted by Gasteiger charge is 2.20. The van der Waals surface area contributed by atoms with E-state index in [0.29, 0.717) is 16.4 Å². The Labute approximate surface area is 200 Å². The molecule has 0 spiro atoms. The number of nitrogens with zero attached hydrogens (tertiary/aromatic N) is 6. The fourth-order valence-electron chi connectivity index (χ4n) is 4.03. The summed E-state index contributed by atoms with van der Waals surface area (Å²) in [4.78, 5) is 25.7. The largest absolute Gasteiger partial charge is 0.347 e. The maximum atomic E-state index is 12.8. The summed E-state index contributed by atoms with van der Waals surface area (Å²) in [5.74, 6) is -0.567. The normalized spacial score (nSPS) is 13.7. The first-order valence-electron chi connectivity index (χ1n) is 10.7. The Morgan fingerprint density at radius 3 is 2.65 bits per heavy atom. The summed E-state index contributed by atoms with van der Waals surface area (Å²) in [7, 11) is 0. The predicted octanol–water partition coefficient (Wildman–Crippen LogP) is 4.31. The Bertz CT molecular complexity index is 1340. The van der Waals surface area contributed by atoms with Crippen LogP contribution in [0.5, 0.6) is 0 Å². The summed E-state index contributed by atoms with van der Waals surface area (Å²) >= 11 is 1.28. The van der Waals surface area contributed by atoms with E-state index < -0.39 is 10.8 Å². The van der Waals surface area contributed by atoms with Crippen molar-refractivity contribution >= 4 is 39.3 Å². The number of nitrogens with one attached hydrogen (secondary N) is 1. The fourth-order valence-corrected chi connectivity index (χ4v) is 4.82. The summed E-state index contributed by atoms with van der Waals surface area (Å²) in [5, 5.41) is 32.8. The van der Waals surface area contributed by atoms with E-state index in [1.54, 1.807) is 6.07 Å². The third-order valence-electron chi connectivity index (χ3n) is 5.79. The van der Waals surface area contributed by atoms with E-state index in [-0.39, 0.29) is 11.3 Å². The molecule has 1 amide bonds. The molecule has 1 fully saturated rings. The molecule has 11 heteroatoms. The van der Waals surface area contributed by atoms with Gasteiger partial charge in [-0.25, -0.2) is 0 Å². The van der Waals surface area contributed by atoms with Gasteiger partial charge in [0.1, 0.15) is 11.6 Å². The number of carbonyl (C=O) groups excluding carboxylic acids is 1. The van der Waals surface area contributed by atoms with E-state index in [0.717, 1.165) is 48.0 Å². The number of amides is 1. The lowest BCUT2D eigenvalue weighted by molar-refractivity contribution is -0.384. The van der Waals surface area contributed by atoms with Gasteiger partial charge in [0.25, 0.3) is 11.6 Å². The molecule has 1 saturated heterocycles. The molecule has 2 aromatic heterocycles. The number of rotatable bonds is 6. The van der Waals surface area contributed by atoms with Crippen molar-refractivity contribution < 1.29 is 9.72 Å². The molecule has 4 rings (SSSR count). The zero-order valence-electron chi connectivity index (χ0n) is 19.0. The number of nitro groups is 1. The van der Waals surface area contributed by atoms with Gasteiger partial charge in [-0.1, -0.05) is 17.4 Å². The van der Waals surface area contributed by atoms with Crippen LogP contribution in [0.15, 0.2) is 29.8 Å². The molecule has 3 heterocycles.